The fourth-order valence-electron chi connectivity index (χ4n) is 5.99. The number of thioether (sulfide) groups is 1. The fraction of sp³-hybridized carbons (Fsp3) is 0.448. The highest BCUT2D eigenvalue weighted by Crippen LogP contribution is 2.56. The Morgan fingerprint density at radius 1 is 1.13 bits per heavy atom. The van der Waals surface area contributed by atoms with Crippen molar-refractivity contribution in [3.05, 3.63) is 80.3 Å². The van der Waals surface area contributed by atoms with Crippen LogP contribution in [0.15, 0.2) is 64.1 Å². The van der Waals surface area contributed by atoms with Crippen LogP contribution in [0.3, 0.4) is 0 Å². The minimum absolute atomic E-state index is 0.0410. The van der Waals surface area contributed by atoms with E-state index in [-0.39, 0.29) is 23.9 Å². The Kier molecular flexibility index (Phi) is 7.61. The zero-order chi connectivity index (χ0) is 27.4. The van der Waals surface area contributed by atoms with Crippen LogP contribution in [0.1, 0.15) is 44.9 Å². The zero-order valence-electron chi connectivity index (χ0n) is 22.4. The number of allylic oxidation sites excluding steroid dienone is 1. The molecule has 2 aromatic carbocycles. The van der Waals surface area contributed by atoms with Gasteiger partial charge in [-0.25, -0.2) is 4.99 Å². The Balaban J connectivity index is 1.61. The number of carbonyl (C=O) groups is 1. The van der Waals surface area contributed by atoms with E-state index in [2.05, 4.69) is 30.6 Å². The summed E-state index contributed by atoms with van der Waals surface area (Å²) in [4.78, 5) is 26.3. The van der Waals surface area contributed by atoms with E-state index in [9.17, 15) is 9.90 Å². The van der Waals surface area contributed by atoms with Crippen molar-refractivity contribution in [1.29, 1.82) is 0 Å². The van der Waals surface area contributed by atoms with Gasteiger partial charge in [0, 0.05) is 35.4 Å². The van der Waals surface area contributed by atoms with Crippen molar-refractivity contribution in [2.75, 3.05) is 26.7 Å². The normalized spacial score (nSPS) is 27.3. The summed E-state index contributed by atoms with van der Waals surface area (Å²) in [6.07, 6.45) is -0.564. The van der Waals surface area contributed by atoms with Gasteiger partial charge in [-0.2, -0.15) is 0 Å². The maximum atomic E-state index is 14.1. The molecule has 0 aliphatic carbocycles. The number of benzene rings is 2. The van der Waals surface area contributed by atoms with Crippen molar-refractivity contribution in [2.45, 2.75) is 51.4 Å². The number of rotatable bonds is 6. The second kappa shape index (κ2) is 10.5. The first-order valence-corrected chi connectivity index (χ1v) is 14.6. The van der Waals surface area contributed by atoms with E-state index in [0.29, 0.717) is 34.6 Å². The van der Waals surface area contributed by atoms with Crippen molar-refractivity contribution < 1.29 is 9.90 Å². The number of amides is 1. The van der Waals surface area contributed by atoms with Crippen LogP contribution in [0.2, 0.25) is 10.0 Å². The van der Waals surface area contributed by atoms with E-state index in [1.807, 2.05) is 67.4 Å². The molecule has 3 aliphatic rings. The maximum absolute atomic E-state index is 14.1. The van der Waals surface area contributed by atoms with Crippen LogP contribution >= 0.6 is 35.0 Å². The Morgan fingerprint density at radius 3 is 2.26 bits per heavy atom. The number of hydrogen-bond donors (Lipinski definition) is 1. The Morgan fingerprint density at radius 2 is 1.74 bits per heavy atom. The molecule has 0 bridgehead atoms. The Bertz CT molecular complexity index is 1280. The Hall–Kier alpha value is -2.03. The molecule has 2 aromatic rings. The maximum Gasteiger partial charge on any atom is 0.262 e. The van der Waals surface area contributed by atoms with Crippen molar-refractivity contribution in [3.8, 4) is 0 Å². The first kappa shape index (κ1) is 27.5. The second-order valence-electron chi connectivity index (χ2n) is 10.8. The SMILES string of the molecule is CCN(C(=O)C1=C(C(C)C)N2C(=N[C@@](C)(c3ccc(Cl)cc3)[C@H]2c2ccc(Cl)cc2)S1)C1CN(C)C[C@H]1O. The molecule has 202 valence electrons. The highest BCUT2D eigenvalue weighted by atomic mass is 35.5. The minimum atomic E-state index is -0.607. The second-order valence-corrected chi connectivity index (χ2v) is 12.6. The molecule has 1 unspecified atom stereocenters. The molecule has 5 rings (SSSR count). The highest BCUT2D eigenvalue weighted by Gasteiger charge is 2.53. The molecule has 1 fully saturated rings. The number of aliphatic hydroxyl groups excluding tert-OH is 1. The lowest BCUT2D eigenvalue weighted by atomic mass is 9.81. The van der Waals surface area contributed by atoms with Crippen LogP contribution in [-0.2, 0) is 10.3 Å². The first-order valence-electron chi connectivity index (χ1n) is 13.0. The number of halogens is 2. The van der Waals surface area contributed by atoms with Gasteiger partial charge in [-0.1, -0.05) is 61.3 Å². The van der Waals surface area contributed by atoms with E-state index < -0.39 is 11.6 Å². The molecule has 3 aliphatic heterocycles. The van der Waals surface area contributed by atoms with Crippen molar-refractivity contribution in [2.24, 2.45) is 10.9 Å². The summed E-state index contributed by atoms with van der Waals surface area (Å²) in [5.74, 6) is 0.0344. The van der Waals surface area contributed by atoms with Crippen LogP contribution < -0.4 is 0 Å². The first-order chi connectivity index (χ1) is 18.0. The van der Waals surface area contributed by atoms with Crippen LogP contribution in [0.5, 0.6) is 0 Å². The predicted octanol–water partition coefficient (Wildman–Crippen LogP) is 5.76. The number of likely N-dealkylation sites (N-methyl/N-ethyl adjacent to an activating group) is 2. The number of β-amino-alcohol motifs (C(OH)–C–C–N with tert-alkyl or cyclic N) is 1. The predicted molar refractivity (Wildman–Crippen MR) is 156 cm³/mol. The smallest absolute Gasteiger partial charge is 0.262 e. The fourth-order valence-corrected chi connectivity index (χ4v) is 7.60. The highest BCUT2D eigenvalue weighted by molar-refractivity contribution is 8.18. The summed E-state index contributed by atoms with van der Waals surface area (Å²) in [6, 6.07) is 15.4. The molecular weight excluding hydrogens is 539 g/mol. The average Bonchev–Trinajstić information content (AvgIpc) is 3.49. The molecule has 6 nitrogen and oxygen atoms in total. The molecule has 4 atom stereocenters. The average molecular weight is 574 g/mol. The number of amidine groups is 1. The molecular formula is C29H34Cl2N4O2S. The van der Waals surface area contributed by atoms with Gasteiger partial charge < -0.3 is 19.8 Å². The third-order valence-corrected chi connectivity index (χ3v) is 9.37. The zero-order valence-corrected chi connectivity index (χ0v) is 24.7. The molecule has 1 N–H and O–H groups in total. The van der Waals surface area contributed by atoms with Gasteiger partial charge in [-0.05, 0) is 74.0 Å². The number of aliphatic hydroxyl groups is 1. The standard InChI is InChI=1S/C29H34Cl2N4O2S/c1-6-34(22-15-33(5)16-23(22)36)27(37)25-24(17(2)3)35-26(18-7-11-20(30)12-8-18)29(4,32-28(35)38-25)19-9-13-21(31)14-10-19/h7-14,17,22-23,26,36H,6,15-16H2,1-5H3/t22?,23-,26-,29+/m1/s1. The molecule has 0 radical (unpaired) electrons. The monoisotopic (exact) mass is 572 g/mol. The molecule has 0 spiro atoms. The molecule has 1 amide bonds. The van der Waals surface area contributed by atoms with Gasteiger partial charge in [0.25, 0.3) is 5.91 Å². The van der Waals surface area contributed by atoms with Gasteiger partial charge in [0.2, 0.25) is 0 Å². The number of nitrogens with zero attached hydrogens (tertiary/aromatic N) is 4. The summed E-state index contributed by atoms with van der Waals surface area (Å²) in [5, 5.41) is 12.9. The third-order valence-electron chi connectivity index (χ3n) is 7.81. The van der Waals surface area contributed by atoms with Crippen molar-refractivity contribution in [1.82, 2.24) is 14.7 Å². The number of fused-ring (bicyclic) bond motifs is 1. The van der Waals surface area contributed by atoms with E-state index >= 15 is 0 Å². The Labute approximate surface area is 239 Å². The van der Waals surface area contributed by atoms with E-state index in [1.54, 1.807) is 0 Å². The number of aliphatic imine (C=N–C) groups is 1. The molecule has 38 heavy (non-hydrogen) atoms. The van der Waals surface area contributed by atoms with Crippen LogP contribution in [0, 0.1) is 5.92 Å². The molecule has 0 saturated carbocycles. The van der Waals surface area contributed by atoms with Crippen molar-refractivity contribution in [3.63, 3.8) is 0 Å². The molecule has 1 saturated heterocycles. The third kappa shape index (κ3) is 4.66. The summed E-state index contributed by atoms with van der Waals surface area (Å²) in [7, 11) is 1.98. The lowest BCUT2D eigenvalue weighted by molar-refractivity contribution is -0.130. The summed E-state index contributed by atoms with van der Waals surface area (Å²) < 4.78 is 0. The van der Waals surface area contributed by atoms with Crippen LogP contribution in [0.4, 0.5) is 0 Å². The van der Waals surface area contributed by atoms with E-state index in [4.69, 9.17) is 28.2 Å². The number of carbonyl (C=O) groups excluding carboxylic acids is 1. The van der Waals surface area contributed by atoms with Gasteiger partial charge in [-0.15, -0.1) is 0 Å². The lowest BCUT2D eigenvalue weighted by Crippen LogP contribution is -2.47. The number of hydrogen-bond acceptors (Lipinski definition) is 6. The van der Waals surface area contributed by atoms with Gasteiger partial charge in [0.1, 0.15) is 10.4 Å². The summed E-state index contributed by atoms with van der Waals surface area (Å²) >= 11 is 13.9. The molecule has 3 heterocycles. The quantitative estimate of drug-likeness (QED) is 0.477. The number of likely N-dealkylation sites (tertiary alicyclic amines) is 1. The van der Waals surface area contributed by atoms with Crippen LogP contribution in [-0.4, -0.2) is 69.7 Å². The van der Waals surface area contributed by atoms with Gasteiger partial charge in [0.15, 0.2) is 5.17 Å². The molecule has 9 heteroatoms. The van der Waals surface area contributed by atoms with Crippen molar-refractivity contribution >= 4 is 46.0 Å². The van der Waals surface area contributed by atoms with Gasteiger partial charge in [-0.3, -0.25) is 4.79 Å². The lowest BCUT2D eigenvalue weighted by Gasteiger charge is -2.37. The van der Waals surface area contributed by atoms with E-state index in [1.165, 1.54) is 11.8 Å². The summed E-state index contributed by atoms with van der Waals surface area (Å²) in [5.41, 5.74) is 2.48. The summed E-state index contributed by atoms with van der Waals surface area (Å²) in [6.45, 7) is 10.1. The van der Waals surface area contributed by atoms with Crippen LogP contribution in [0.25, 0.3) is 0 Å². The molecule has 0 aromatic heterocycles. The largest absolute Gasteiger partial charge is 0.390 e. The topological polar surface area (TPSA) is 59.4 Å². The van der Waals surface area contributed by atoms with Gasteiger partial charge in [0.05, 0.1) is 18.2 Å². The minimum Gasteiger partial charge on any atom is -0.390 e. The van der Waals surface area contributed by atoms with E-state index in [0.717, 1.165) is 22.0 Å². The van der Waals surface area contributed by atoms with Gasteiger partial charge >= 0.3 is 0 Å².